The molecule has 0 radical (unpaired) electrons. The van der Waals surface area contributed by atoms with Gasteiger partial charge >= 0.3 is 0 Å². The van der Waals surface area contributed by atoms with Crippen LogP contribution in [0.25, 0.3) is 0 Å². The SMILES string of the molecule is CC(CN(C)C)NCc1cncs1. The van der Waals surface area contributed by atoms with Crippen molar-refractivity contribution in [3.05, 3.63) is 16.6 Å². The minimum absolute atomic E-state index is 0.525. The number of nitrogens with zero attached hydrogens (tertiary/aromatic N) is 2. The summed E-state index contributed by atoms with van der Waals surface area (Å²) in [6, 6.07) is 0.525. The predicted octanol–water partition coefficient (Wildman–Crippen LogP) is 1.18. The van der Waals surface area contributed by atoms with Gasteiger partial charge in [0, 0.05) is 30.2 Å². The summed E-state index contributed by atoms with van der Waals surface area (Å²) in [4.78, 5) is 7.51. The second-order valence-corrected chi connectivity index (χ2v) is 4.48. The summed E-state index contributed by atoms with van der Waals surface area (Å²) in [5.41, 5.74) is 1.87. The maximum absolute atomic E-state index is 4.03. The fraction of sp³-hybridized carbons (Fsp3) is 0.667. The number of hydrogen-bond donors (Lipinski definition) is 1. The van der Waals surface area contributed by atoms with E-state index in [0.29, 0.717) is 6.04 Å². The number of hydrogen-bond acceptors (Lipinski definition) is 4. The molecule has 0 saturated carbocycles. The third-order valence-corrected chi connectivity index (χ3v) is 2.53. The summed E-state index contributed by atoms with van der Waals surface area (Å²) >= 11 is 1.70. The van der Waals surface area contributed by atoms with Crippen LogP contribution >= 0.6 is 11.3 Å². The maximum atomic E-state index is 4.03. The van der Waals surface area contributed by atoms with Crippen molar-refractivity contribution in [2.45, 2.75) is 19.5 Å². The van der Waals surface area contributed by atoms with Crippen LogP contribution in [0.4, 0.5) is 0 Å². The Labute approximate surface area is 83.8 Å². The van der Waals surface area contributed by atoms with Crippen LogP contribution in [0.1, 0.15) is 11.8 Å². The Kier molecular flexibility index (Phi) is 4.35. The highest BCUT2D eigenvalue weighted by Crippen LogP contribution is 2.04. The topological polar surface area (TPSA) is 28.2 Å². The summed E-state index contributed by atoms with van der Waals surface area (Å²) in [6.45, 7) is 4.19. The van der Waals surface area contributed by atoms with E-state index in [0.717, 1.165) is 13.1 Å². The van der Waals surface area contributed by atoms with Gasteiger partial charge in [-0.3, -0.25) is 4.98 Å². The van der Waals surface area contributed by atoms with E-state index in [1.54, 1.807) is 11.3 Å². The van der Waals surface area contributed by atoms with Crippen molar-refractivity contribution in [2.75, 3.05) is 20.6 Å². The molecule has 0 bridgehead atoms. The number of thiazole rings is 1. The van der Waals surface area contributed by atoms with E-state index in [4.69, 9.17) is 0 Å². The van der Waals surface area contributed by atoms with Crippen LogP contribution in [0.15, 0.2) is 11.7 Å². The molecule has 1 atom stereocenters. The molecule has 0 aliphatic heterocycles. The minimum atomic E-state index is 0.525. The lowest BCUT2D eigenvalue weighted by Gasteiger charge is -2.17. The highest BCUT2D eigenvalue weighted by Gasteiger charge is 2.02. The maximum Gasteiger partial charge on any atom is 0.0794 e. The van der Waals surface area contributed by atoms with Crippen molar-refractivity contribution in [1.29, 1.82) is 0 Å². The lowest BCUT2D eigenvalue weighted by atomic mass is 10.3. The molecule has 1 N–H and O–H groups in total. The largest absolute Gasteiger partial charge is 0.308 e. The van der Waals surface area contributed by atoms with Crippen LogP contribution in [-0.4, -0.2) is 36.6 Å². The van der Waals surface area contributed by atoms with Crippen molar-refractivity contribution in [2.24, 2.45) is 0 Å². The normalized spacial score (nSPS) is 13.5. The lowest BCUT2D eigenvalue weighted by Crippen LogP contribution is -2.35. The quantitative estimate of drug-likeness (QED) is 0.772. The molecule has 74 valence electrons. The highest BCUT2D eigenvalue weighted by molar-refractivity contribution is 7.09. The summed E-state index contributed by atoms with van der Waals surface area (Å²) in [5.74, 6) is 0. The van der Waals surface area contributed by atoms with Crippen LogP contribution in [0.3, 0.4) is 0 Å². The Balaban J connectivity index is 2.19. The van der Waals surface area contributed by atoms with Crippen LogP contribution < -0.4 is 5.32 Å². The first kappa shape index (κ1) is 10.6. The molecule has 1 heterocycles. The third kappa shape index (κ3) is 4.36. The van der Waals surface area contributed by atoms with Gasteiger partial charge < -0.3 is 10.2 Å². The molecule has 1 aromatic rings. The van der Waals surface area contributed by atoms with Crippen LogP contribution in [0, 0.1) is 0 Å². The fourth-order valence-corrected chi connectivity index (χ4v) is 1.76. The smallest absolute Gasteiger partial charge is 0.0794 e. The Morgan fingerprint density at radius 3 is 2.92 bits per heavy atom. The van der Waals surface area contributed by atoms with E-state index in [-0.39, 0.29) is 0 Å². The van der Waals surface area contributed by atoms with E-state index in [1.807, 2.05) is 11.7 Å². The van der Waals surface area contributed by atoms with Crippen molar-refractivity contribution < 1.29 is 0 Å². The summed E-state index contributed by atoms with van der Waals surface area (Å²) in [7, 11) is 4.18. The Bertz CT molecular complexity index is 221. The van der Waals surface area contributed by atoms with E-state index < -0.39 is 0 Å². The van der Waals surface area contributed by atoms with Crippen LogP contribution in [0.5, 0.6) is 0 Å². The molecule has 13 heavy (non-hydrogen) atoms. The number of aromatic nitrogens is 1. The molecular formula is C9H17N3S. The molecule has 0 amide bonds. The number of rotatable bonds is 5. The van der Waals surface area contributed by atoms with E-state index in [2.05, 4.69) is 36.2 Å². The van der Waals surface area contributed by atoms with Gasteiger partial charge in [0.1, 0.15) is 0 Å². The molecule has 4 heteroatoms. The Hall–Kier alpha value is -0.450. The van der Waals surface area contributed by atoms with Gasteiger partial charge in [-0.1, -0.05) is 0 Å². The first-order valence-electron chi connectivity index (χ1n) is 4.44. The van der Waals surface area contributed by atoms with E-state index in [1.165, 1.54) is 4.88 Å². The van der Waals surface area contributed by atoms with Crippen molar-refractivity contribution in [3.63, 3.8) is 0 Å². The van der Waals surface area contributed by atoms with Gasteiger partial charge in [-0.25, -0.2) is 0 Å². The minimum Gasteiger partial charge on any atom is -0.308 e. The number of nitrogens with one attached hydrogen (secondary N) is 1. The zero-order chi connectivity index (χ0) is 9.68. The zero-order valence-corrected chi connectivity index (χ0v) is 9.27. The monoisotopic (exact) mass is 199 g/mol. The Morgan fingerprint density at radius 1 is 1.62 bits per heavy atom. The molecule has 1 rings (SSSR count). The first-order chi connectivity index (χ1) is 6.18. The second-order valence-electron chi connectivity index (χ2n) is 3.51. The van der Waals surface area contributed by atoms with Gasteiger partial charge in [0.05, 0.1) is 5.51 Å². The average Bonchev–Trinajstić information content (AvgIpc) is 2.51. The molecule has 0 fully saturated rings. The van der Waals surface area contributed by atoms with Crippen molar-refractivity contribution >= 4 is 11.3 Å². The molecule has 0 aliphatic rings. The van der Waals surface area contributed by atoms with Gasteiger partial charge in [0.2, 0.25) is 0 Å². The predicted molar refractivity (Wildman–Crippen MR) is 57.0 cm³/mol. The molecule has 1 aromatic heterocycles. The van der Waals surface area contributed by atoms with Gasteiger partial charge in [0.15, 0.2) is 0 Å². The Morgan fingerprint density at radius 2 is 2.38 bits per heavy atom. The molecule has 0 aliphatic carbocycles. The van der Waals surface area contributed by atoms with Gasteiger partial charge in [-0.15, -0.1) is 11.3 Å². The summed E-state index contributed by atoms with van der Waals surface area (Å²) < 4.78 is 0. The highest BCUT2D eigenvalue weighted by atomic mass is 32.1. The van der Waals surface area contributed by atoms with E-state index >= 15 is 0 Å². The van der Waals surface area contributed by atoms with Crippen molar-refractivity contribution in [3.8, 4) is 0 Å². The summed E-state index contributed by atoms with van der Waals surface area (Å²) in [5, 5.41) is 3.45. The molecule has 0 saturated heterocycles. The molecule has 0 spiro atoms. The molecular weight excluding hydrogens is 182 g/mol. The van der Waals surface area contributed by atoms with Gasteiger partial charge in [0.25, 0.3) is 0 Å². The molecule has 0 aromatic carbocycles. The average molecular weight is 199 g/mol. The number of likely N-dealkylation sites (N-methyl/N-ethyl adjacent to an activating group) is 1. The molecule has 1 unspecified atom stereocenters. The van der Waals surface area contributed by atoms with E-state index in [9.17, 15) is 0 Å². The van der Waals surface area contributed by atoms with Crippen LogP contribution in [0.2, 0.25) is 0 Å². The standard InChI is InChI=1S/C9H17N3S/c1-8(6-12(2)3)11-5-9-4-10-7-13-9/h4,7-8,11H,5-6H2,1-3H3. The van der Waals surface area contributed by atoms with Gasteiger partial charge in [-0.2, -0.15) is 0 Å². The van der Waals surface area contributed by atoms with Crippen LogP contribution in [-0.2, 0) is 6.54 Å². The third-order valence-electron chi connectivity index (χ3n) is 1.75. The van der Waals surface area contributed by atoms with Gasteiger partial charge in [-0.05, 0) is 21.0 Å². The lowest BCUT2D eigenvalue weighted by molar-refractivity contribution is 0.349. The first-order valence-corrected chi connectivity index (χ1v) is 5.32. The zero-order valence-electron chi connectivity index (χ0n) is 8.45. The fourth-order valence-electron chi connectivity index (χ4n) is 1.22. The summed E-state index contributed by atoms with van der Waals surface area (Å²) in [6.07, 6.45) is 1.92. The van der Waals surface area contributed by atoms with Crippen molar-refractivity contribution in [1.82, 2.24) is 15.2 Å². The second kappa shape index (κ2) is 5.32. The molecule has 3 nitrogen and oxygen atoms in total.